The highest BCUT2D eigenvalue weighted by Crippen LogP contribution is 2.35. The standard InChI is InChI=1S/C28H36N4O5/c1-19(2)36-28(34)32-10-8-20(9-11-32)27-35-18-23-16-21(5-7-25(23)37-27)22-4-6-24(29-17-22)26(33)31-14-12-30(3)13-15-31/h4-7,16-17,19-20,27H,8-15,18H2,1-3H3. The molecule has 9 nitrogen and oxygen atoms in total. The van der Waals surface area contributed by atoms with Crippen LogP contribution < -0.4 is 4.74 Å². The number of carbonyl (C=O) groups is 2. The molecule has 0 aliphatic carbocycles. The van der Waals surface area contributed by atoms with E-state index in [0.29, 0.717) is 25.4 Å². The number of hydrogen-bond donors (Lipinski definition) is 0. The molecular formula is C28H36N4O5. The average Bonchev–Trinajstić information content (AvgIpc) is 2.92. The molecule has 9 heteroatoms. The summed E-state index contributed by atoms with van der Waals surface area (Å²) < 4.78 is 17.6. The summed E-state index contributed by atoms with van der Waals surface area (Å²) in [5.41, 5.74) is 3.42. The predicted molar refractivity (Wildman–Crippen MR) is 138 cm³/mol. The van der Waals surface area contributed by atoms with E-state index in [4.69, 9.17) is 14.2 Å². The minimum absolute atomic E-state index is 0.0134. The number of aromatic nitrogens is 1. The van der Waals surface area contributed by atoms with E-state index in [1.54, 1.807) is 11.1 Å². The monoisotopic (exact) mass is 508 g/mol. The van der Waals surface area contributed by atoms with Crippen LogP contribution in [0.3, 0.4) is 0 Å². The summed E-state index contributed by atoms with van der Waals surface area (Å²) >= 11 is 0. The second kappa shape index (κ2) is 11.1. The van der Waals surface area contributed by atoms with Gasteiger partial charge in [0.25, 0.3) is 5.91 Å². The average molecular weight is 509 g/mol. The molecule has 2 amide bonds. The molecule has 3 aliphatic rings. The maximum Gasteiger partial charge on any atom is 0.410 e. The quantitative estimate of drug-likeness (QED) is 0.624. The largest absolute Gasteiger partial charge is 0.464 e. The minimum atomic E-state index is -0.317. The van der Waals surface area contributed by atoms with Crippen LogP contribution in [0.1, 0.15) is 42.7 Å². The fourth-order valence-corrected chi connectivity index (χ4v) is 5.04. The van der Waals surface area contributed by atoms with Crippen molar-refractivity contribution in [1.29, 1.82) is 0 Å². The van der Waals surface area contributed by atoms with Crippen molar-refractivity contribution in [3.05, 3.63) is 47.8 Å². The highest BCUT2D eigenvalue weighted by molar-refractivity contribution is 5.92. The minimum Gasteiger partial charge on any atom is -0.464 e. The SMILES string of the molecule is CC(C)OC(=O)N1CCC(C2OCc3cc(-c4ccc(C(=O)N5CCN(C)CC5)nc4)ccc3O2)CC1. The van der Waals surface area contributed by atoms with E-state index in [0.717, 1.165) is 61.5 Å². The summed E-state index contributed by atoms with van der Waals surface area (Å²) in [6.07, 6.45) is 2.71. The molecule has 4 heterocycles. The number of piperidine rings is 1. The maximum absolute atomic E-state index is 12.8. The number of benzene rings is 1. The Kier molecular flexibility index (Phi) is 7.62. The van der Waals surface area contributed by atoms with Crippen LogP contribution in [0, 0.1) is 5.92 Å². The molecule has 2 aromatic rings. The number of rotatable bonds is 4. The van der Waals surface area contributed by atoms with Crippen LogP contribution in [0.5, 0.6) is 5.75 Å². The number of likely N-dealkylation sites (tertiary alicyclic amines) is 1. The molecule has 198 valence electrons. The van der Waals surface area contributed by atoms with Crippen molar-refractivity contribution >= 4 is 12.0 Å². The highest BCUT2D eigenvalue weighted by atomic mass is 16.7. The van der Waals surface area contributed by atoms with Gasteiger partial charge in [-0.05, 0) is 57.5 Å². The molecule has 1 aromatic heterocycles. The van der Waals surface area contributed by atoms with E-state index in [1.807, 2.05) is 43.0 Å². The normalized spacial score (nSPS) is 20.9. The first-order valence-corrected chi connectivity index (χ1v) is 13.2. The Morgan fingerprint density at radius 3 is 2.38 bits per heavy atom. The molecule has 0 bridgehead atoms. The van der Waals surface area contributed by atoms with E-state index in [-0.39, 0.29) is 30.3 Å². The lowest BCUT2D eigenvalue weighted by Crippen LogP contribution is -2.47. The van der Waals surface area contributed by atoms with E-state index in [2.05, 4.69) is 23.0 Å². The van der Waals surface area contributed by atoms with Crippen LogP contribution in [0.15, 0.2) is 36.5 Å². The third-order valence-electron chi connectivity index (χ3n) is 7.33. The van der Waals surface area contributed by atoms with Crippen LogP contribution in [-0.4, -0.2) is 90.4 Å². The Bertz CT molecular complexity index is 1110. The summed E-state index contributed by atoms with van der Waals surface area (Å²) in [4.78, 5) is 35.3. The molecule has 2 fully saturated rings. The maximum atomic E-state index is 12.8. The lowest BCUT2D eigenvalue weighted by molar-refractivity contribution is -0.148. The molecule has 2 saturated heterocycles. The third kappa shape index (κ3) is 5.88. The van der Waals surface area contributed by atoms with Gasteiger partial charge in [-0.25, -0.2) is 4.79 Å². The molecular weight excluding hydrogens is 472 g/mol. The number of hydrogen-bond acceptors (Lipinski definition) is 7. The van der Waals surface area contributed by atoms with Gasteiger partial charge in [0.15, 0.2) is 0 Å². The van der Waals surface area contributed by atoms with Crippen molar-refractivity contribution in [2.24, 2.45) is 5.92 Å². The zero-order chi connectivity index (χ0) is 25.9. The number of likely N-dealkylation sites (N-methyl/N-ethyl adjacent to an activating group) is 1. The molecule has 1 unspecified atom stereocenters. The van der Waals surface area contributed by atoms with Gasteiger partial charge in [0, 0.05) is 62.5 Å². The number of pyridine rings is 1. The van der Waals surface area contributed by atoms with E-state index < -0.39 is 0 Å². The van der Waals surface area contributed by atoms with Crippen LogP contribution in [0.2, 0.25) is 0 Å². The van der Waals surface area contributed by atoms with Gasteiger partial charge in [-0.3, -0.25) is 9.78 Å². The van der Waals surface area contributed by atoms with Crippen molar-refractivity contribution < 1.29 is 23.8 Å². The number of fused-ring (bicyclic) bond motifs is 1. The molecule has 0 saturated carbocycles. The van der Waals surface area contributed by atoms with Crippen molar-refractivity contribution in [2.45, 2.75) is 45.7 Å². The van der Waals surface area contributed by atoms with Crippen molar-refractivity contribution in [3.63, 3.8) is 0 Å². The summed E-state index contributed by atoms with van der Waals surface area (Å²) in [6, 6.07) is 9.82. The number of piperazine rings is 1. The van der Waals surface area contributed by atoms with Crippen LogP contribution in [0.25, 0.3) is 11.1 Å². The number of nitrogens with zero attached hydrogens (tertiary/aromatic N) is 4. The van der Waals surface area contributed by atoms with Crippen LogP contribution in [-0.2, 0) is 16.1 Å². The molecule has 0 radical (unpaired) electrons. The highest BCUT2D eigenvalue weighted by Gasteiger charge is 2.33. The summed E-state index contributed by atoms with van der Waals surface area (Å²) in [7, 11) is 2.07. The van der Waals surface area contributed by atoms with Crippen molar-refractivity contribution in [1.82, 2.24) is 19.7 Å². The topological polar surface area (TPSA) is 84.4 Å². The Hall–Kier alpha value is -3.17. The van der Waals surface area contributed by atoms with E-state index in [1.165, 1.54) is 0 Å². The molecule has 0 N–H and O–H groups in total. The van der Waals surface area contributed by atoms with E-state index in [9.17, 15) is 9.59 Å². The van der Waals surface area contributed by atoms with Crippen molar-refractivity contribution in [2.75, 3.05) is 46.3 Å². The van der Waals surface area contributed by atoms with Gasteiger partial charge in [0.1, 0.15) is 11.4 Å². The zero-order valence-electron chi connectivity index (χ0n) is 21.9. The second-order valence-electron chi connectivity index (χ2n) is 10.4. The zero-order valence-corrected chi connectivity index (χ0v) is 21.9. The lowest BCUT2D eigenvalue weighted by Gasteiger charge is -2.37. The second-order valence-corrected chi connectivity index (χ2v) is 10.4. The Morgan fingerprint density at radius 1 is 0.973 bits per heavy atom. The molecule has 1 aromatic carbocycles. The number of ether oxygens (including phenoxy) is 3. The van der Waals surface area contributed by atoms with Crippen molar-refractivity contribution in [3.8, 4) is 16.9 Å². The molecule has 3 aliphatic heterocycles. The Balaban J connectivity index is 1.18. The smallest absolute Gasteiger partial charge is 0.410 e. The molecule has 1 atom stereocenters. The van der Waals surface area contributed by atoms with Gasteiger partial charge in [0.05, 0.1) is 12.7 Å². The van der Waals surface area contributed by atoms with Crippen LogP contribution in [0.4, 0.5) is 4.79 Å². The first-order chi connectivity index (χ1) is 17.9. The van der Waals surface area contributed by atoms with Gasteiger partial charge in [0.2, 0.25) is 6.29 Å². The number of carbonyl (C=O) groups excluding carboxylic acids is 2. The fraction of sp³-hybridized carbons (Fsp3) is 0.536. The van der Waals surface area contributed by atoms with E-state index >= 15 is 0 Å². The Morgan fingerprint density at radius 2 is 1.70 bits per heavy atom. The number of amides is 2. The first-order valence-electron chi connectivity index (χ1n) is 13.2. The molecule has 5 rings (SSSR count). The molecule has 0 spiro atoms. The van der Waals surface area contributed by atoms with Crippen LogP contribution >= 0.6 is 0 Å². The third-order valence-corrected chi connectivity index (χ3v) is 7.33. The summed E-state index contributed by atoms with van der Waals surface area (Å²) in [5.74, 6) is 1.04. The molecule has 37 heavy (non-hydrogen) atoms. The van der Waals surface area contributed by atoms with Gasteiger partial charge in [-0.1, -0.05) is 12.1 Å². The summed E-state index contributed by atoms with van der Waals surface area (Å²) in [6.45, 7) is 8.71. The van der Waals surface area contributed by atoms with Gasteiger partial charge >= 0.3 is 6.09 Å². The fourth-order valence-electron chi connectivity index (χ4n) is 5.04. The van der Waals surface area contributed by atoms with Gasteiger partial charge < -0.3 is 28.9 Å². The summed E-state index contributed by atoms with van der Waals surface area (Å²) in [5, 5.41) is 0. The lowest BCUT2D eigenvalue weighted by atomic mass is 9.95. The van der Waals surface area contributed by atoms with Gasteiger partial charge in [-0.2, -0.15) is 0 Å². The van der Waals surface area contributed by atoms with Gasteiger partial charge in [-0.15, -0.1) is 0 Å². The first kappa shape index (κ1) is 25.5. The predicted octanol–water partition coefficient (Wildman–Crippen LogP) is 3.63. The Labute approximate surface area is 218 Å².